The number of amides is 2. The Labute approximate surface area is 148 Å². The van der Waals surface area contributed by atoms with E-state index >= 15 is 0 Å². The van der Waals surface area contributed by atoms with Crippen molar-refractivity contribution in [1.82, 2.24) is 4.90 Å². The molecule has 1 aliphatic rings. The number of benzene rings is 2. The number of nitrogens with one attached hydrogen (secondary N) is 1. The maximum atomic E-state index is 12.5. The van der Waals surface area contributed by atoms with Gasteiger partial charge < -0.3 is 15.1 Å². The van der Waals surface area contributed by atoms with Crippen molar-refractivity contribution in [2.75, 3.05) is 36.9 Å². The lowest BCUT2D eigenvalue weighted by Crippen LogP contribution is -2.30. The lowest BCUT2D eigenvalue weighted by Gasteiger charge is -2.19. The summed E-state index contributed by atoms with van der Waals surface area (Å²) in [7, 11) is 1.88. The van der Waals surface area contributed by atoms with Gasteiger partial charge in [0.1, 0.15) is 0 Å². The topological polar surface area (TPSA) is 52.7 Å². The van der Waals surface area contributed by atoms with E-state index in [1.807, 2.05) is 47.2 Å². The third-order valence-corrected chi connectivity index (χ3v) is 4.36. The molecule has 2 amide bonds. The van der Waals surface area contributed by atoms with Crippen molar-refractivity contribution in [1.29, 1.82) is 0 Å². The predicted octanol–water partition coefficient (Wildman–Crippen LogP) is 3.00. The van der Waals surface area contributed by atoms with Crippen LogP contribution in [0.2, 0.25) is 0 Å². The SMILES string of the molecule is CN(CC(=O)Nc1cccc(C(=O)N2CCCC2)c1)c1ccccc1. The van der Waals surface area contributed by atoms with Crippen molar-refractivity contribution in [2.45, 2.75) is 12.8 Å². The molecule has 0 unspecified atom stereocenters. The molecule has 1 heterocycles. The van der Waals surface area contributed by atoms with Crippen molar-refractivity contribution in [3.63, 3.8) is 0 Å². The maximum absolute atomic E-state index is 12.5. The average Bonchev–Trinajstić information content (AvgIpc) is 3.16. The molecule has 1 aliphatic heterocycles. The van der Waals surface area contributed by atoms with Crippen LogP contribution in [0.1, 0.15) is 23.2 Å². The summed E-state index contributed by atoms with van der Waals surface area (Å²) in [6.07, 6.45) is 2.13. The second-order valence-corrected chi connectivity index (χ2v) is 6.32. The molecular formula is C20H23N3O2. The van der Waals surface area contributed by atoms with Crippen molar-refractivity contribution >= 4 is 23.2 Å². The average molecular weight is 337 g/mol. The van der Waals surface area contributed by atoms with Crippen LogP contribution in [-0.4, -0.2) is 43.4 Å². The molecule has 5 heteroatoms. The van der Waals surface area contributed by atoms with E-state index in [0.29, 0.717) is 11.3 Å². The van der Waals surface area contributed by atoms with Gasteiger partial charge in [-0.25, -0.2) is 0 Å². The Bertz CT molecular complexity index is 740. The third kappa shape index (κ3) is 4.38. The Morgan fingerprint density at radius 1 is 1.04 bits per heavy atom. The van der Waals surface area contributed by atoms with E-state index in [4.69, 9.17) is 0 Å². The van der Waals surface area contributed by atoms with E-state index in [0.717, 1.165) is 31.6 Å². The molecule has 0 radical (unpaired) electrons. The zero-order chi connectivity index (χ0) is 17.6. The highest BCUT2D eigenvalue weighted by atomic mass is 16.2. The second kappa shape index (κ2) is 7.83. The number of hydrogen-bond acceptors (Lipinski definition) is 3. The van der Waals surface area contributed by atoms with Gasteiger partial charge >= 0.3 is 0 Å². The molecule has 0 bridgehead atoms. The Balaban J connectivity index is 1.61. The number of rotatable bonds is 5. The van der Waals surface area contributed by atoms with Crippen LogP contribution in [-0.2, 0) is 4.79 Å². The lowest BCUT2D eigenvalue weighted by molar-refractivity contribution is -0.114. The second-order valence-electron chi connectivity index (χ2n) is 6.32. The highest BCUT2D eigenvalue weighted by Gasteiger charge is 2.19. The fourth-order valence-electron chi connectivity index (χ4n) is 3.02. The zero-order valence-electron chi connectivity index (χ0n) is 14.4. The summed E-state index contributed by atoms with van der Waals surface area (Å²) in [6.45, 7) is 1.88. The van der Waals surface area contributed by atoms with Crippen LogP contribution in [0.4, 0.5) is 11.4 Å². The van der Waals surface area contributed by atoms with E-state index in [9.17, 15) is 9.59 Å². The highest BCUT2D eigenvalue weighted by molar-refractivity contribution is 5.98. The van der Waals surface area contributed by atoms with E-state index in [1.54, 1.807) is 24.3 Å². The van der Waals surface area contributed by atoms with Crippen molar-refractivity contribution in [2.24, 2.45) is 0 Å². The van der Waals surface area contributed by atoms with Crippen LogP contribution in [0, 0.1) is 0 Å². The van der Waals surface area contributed by atoms with Crippen molar-refractivity contribution in [3.8, 4) is 0 Å². The third-order valence-electron chi connectivity index (χ3n) is 4.36. The largest absolute Gasteiger partial charge is 0.365 e. The Morgan fingerprint density at radius 2 is 1.76 bits per heavy atom. The van der Waals surface area contributed by atoms with Crippen molar-refractivity contribution < 1.29 is 9.59 Å². The first kappa shape index (κ1) is 17.0. The monoisotopic (exact) mass is 337 g/mol. The van der Waals surface area contributed by atoms with Gasteiger partial charge in [0.05, 0.1) is 6.54 Å². The van der Waals surface area contributed by atoms with Gasteiger partial charge in [0, 0.05) is 37.1 Å². The number of likely N-dealkylation sites (N-methyl/N-ethyl adjacent to an activating group) is 1. The predicted molar refractivity (Wildman–Crippen MR) is 99.9 cm³/mol. The first-order valence-electron chi connectivity index (χ1n) is 8.59. The minimum Gasteiger partial charge on any atom is -0.365 e. The Kier molecular flexibility index (Phi) is 5.33. The molecule has 1 fully saturated rings. The van der Waals surface area contributed by atoms with Gasteiger partial charge in [-0.2, -0.15) is 0 Å². The number of nitrogens with zero attached hydrogens (tertiary/aromatic N) is 2. The van der Waals surface area contributed by atoms with Crippen LogP contribution in [0.25, 0.3) is 0 Å². The number of likely N-dealkylation sites (tertiary alicyclic amines) is 1. The number of carbonyl (C=O) groups is 2. The van der Waals surface area contributed by atoms with E-state index in [1.165, 1.54) is 0 Å². The molecule has 0 saturated carbocycles. The molecule has 0 atom stereocenters. The summed E-state index contributed by atoms with van der Waals surface area (Å²) in [4.78, 5) is 28.5. The smallest absolute Gasteiger partial charge is 0.253 e. The summed E-state index contributed by atoms with van der Waals surface area (Å²) in [5.74, 6) is -0.0767. The lowest BCUT2D eigenvalue weighted by atomic mass is 10.1. The number of anilines is 2. The van der Waals surface area contributed by atoms with Gasteiger partial charge in [0.15, 0.2) is 0 Å². The molecule has 1 N–H and O–H groups in total. The molecule has 2 aromatic rings. The summed E-state index contributed by atoms with van der Waals surface area (Å²) in [6, 6.07) is 16.9. The Hall–Kier alpha value is -2.82. The standard InChI is InChI=1S/C20H23N3O2/c1-22(18-10-3-2-4-11-18)15-19(24)21-17-9-7-8-16(14-17)20(25)23-12-5-6-13-23/h2-4,7-11,14H,5-6,12-13,15H2,1H3,(H,21,24). The molecule has 0 aliphatic carbocycles. The van der Waals surface area contributed by atoms with Gasteiger partial charge in [0.25, 0.3) is 5.91 Å². The molecule has 130 valence electrons. The summed E-state index contributed by atoms with van der Waals surface area (Å²) in [5, 5.41) is 2.88. The molecule has 5 nitrogen and oxygen atoms in total. The minimum atomic E-state index is -0.114. The maximum Gasteiger partial charge on any atom is 0.253 e. The molecule has 0 spiro atoms. The van der Waals surface area contributed by atoms with Crippen LogP contribution >= 0.6 is 0 Å². The van der Waals surface area contributed by atoms with Gasteiger partial charge in [-0.15, -0.1) is 0 Å². The van der Waals surface area contributed by atoms with Gasteiger partial charge in [-0.05, 0) is 43.2 Å². The summed E-state index contributed by atoms with van der Waals surface area (Å²) in [5.41, 5.74) is 2.25. The first-order valence-corrected chi connectivity index (χ1v) is 8.59. The minimum absolute atomic E-state index is 0.0370. The van der Waals surface area contributed by atoms with Gasteiger partial charge in [-0.3, -0.25) is 9.59 Å². The first-order chi connectivity index (χ1) is 12.1. The summed E-state index contributed by atoms with van der Waals surface area (Å²) < 4.78 is 0. The van der Waals surface area contributed by atoms with Crippen LogP contribution in [0.5, 0.6) is 0 Å². The molecule has 2 aromatic carbocycles. The normalized spacial score (nSPS) is 13.6. The van der Waals surface area contributed by atoms with Crippen molar-refractivity contribution in [3.05, 3.63) is 60.2 Å². The summed E-state index contributed by atoms with van der Waals surface area (Å²) >= 11 is 0. The number of hydrogen-bond donors (Lipinski definition) is 1. The molecular weight excluding hydrogens is 314 g/mol. The van der Waals surface area contributed by atoms with Crippen LogP contribution in [0.15, 0.2) is 54.6 Å². The van der Waals surface area contributed by atoms with Crippen LogP contribution < -0.4 is 10.2 Å². The quantitative estimate of drug-likeness (QED) is 0.912. The molecule has 3 rings (SSSR count). The van der Waals surface area contributed by atoms with E-state index < -0.39 is 0 Å². The molecule has 1 saturated heterocycles. The molecule has 25 heavy (non-hydrogen) atoms. The van der Waals surface area contributed by atoms with E-state index in [2.05, 4.69) is 5.32 Å². The van der Waals surface area contributed by atoms with Gasteiger partial charge in [0.2, 0.25) is 5.91 Å². The Morgan fingerprint density at radius 3 is 2.48 bits per heavy atom. The fourth-order valence-corrected chi connectivity index (χ4v) is 3.02. The van der Waals surface area contributed by atoms with Gasteiger partial charge in [-0.1, -0.05) is 24.3 Å². The number of para-hydroxylation sites is 1. The fraction of sp³-hybridized carbons (Fsp3) is 0.300. The van der Waals surface area contributed by atoms with E-state index in [-0.39, 0.29) is 18.4 Å². The highest BCUT2D eigenvalue weighted by Crippen LogP contribution is 2.17. The zero-order valence-corrected chi connectivity index (χ0v) is 14.4. The van der Waals surface area contributed by atoms with Crippen LogP contribution in [0.3, 0.4) is 0 Å². The molecule has 0 aromatic heterocycles. The number of carbonyl (C=O) groups excluding carboxylic acids is 2.